The Morgan fingerprint density at radius 1 is 0.941 bits per heavy atom. The molecule has 0 spiro atoms. The quantitative estimate of drug-likeness (QED) is 0.388. The number of carbonyl (C=O) groups is 2. The molecule has 0 atom stereocenters. The molecule has 6 heteroatoms. The molecule has 83 valence electrons. The first kappa shape index (κ1) is 13.9. The first-order valence-corrected chi connectivity index (χ1v) is 4.98. The molecule has 0 bridgehead atoms. The molecule has 1 saturated heterocycles. The van der Waals surface area contributed by atoms with Gasteiger partial charge in [0.05, 0.1) is 0 Å². The standard InChI is InChI=1S/C11H11BO4.Li/c1-6-4-7(2)9(8(3)5-6)12-15-10(13)11(14)16-12;/h4-5H,1-3H3;/q-1;+1. The molecule has 2 rings (SSSR count). The van der Waals surface area contributed by atoms with Crippen molar-refractivity contribution in [2.24, 2.45) is 0 Å². The second kappa shape index (κ2) is 4.99. The minimum atomic E-state index is -0.927. The summed E-state index contributed by atoms with van der Waals surface area (Å²) in [6, 6.07) is 3.92. The van der Waals surface area contributed by atoms with Gasteiger partial charge in [0, 0.05) is 0 Å². The third kappa shape index (κ3) is 2.57. The summed E-state index contributed by atoms with van der Waals surface area (Å²) in [5.74, 6) is -1.85. The Labute approximate surface area is 112 Å². The van der Waals surface area contributed by atoms with Gasteiger partial charge in [-0.25, -0.2) is 9.59 Å². The molecule has 1 heterocycles. The van der Waals surface area contributed by atoms with Crippen LogP contribution in [-0.2, 0) is 18.9 Å². The second-order valence-electron chi connectivity index (χ2n) is 3.95. The summed E-state index contributed by atoms with van der Waals surface area (Å²) < 4.78 is 9.70. The van der Waals surface area contributed by atoms with Crippen molar-refractivity contribution in [2.75, 3.05) is 0 Å². The van der Waals surface area contributed by atoms with Crippen molar-refractivity contribution in [3.63, 3.8) is 0 Å². The largest absolute Gasteiger partial charge is 1.00 e. The predicted molar refractivity (Wildman–Crippen MR) is 58.2 cm³/mol. The maximum atomic E-state index is 11.0. The van der Waals surface area contributed by atoms with Gasteiger partial charge in [0.25, 0.3) is 0 Å². The van der Waals surface area contributed by atoms with Gasteiger partial charge in [-0.2, -0.15) is 0 Å². The Balaban J connectivity index is 0.00000144. The molecule has 0 unspecified atom stereocenters. The molecule has 1 aliphatic heterocycles. The number of aryl methyl sites for hydroxylation is 3. The van der Waals surface area contributed by atoms with E-state index in [0.717, 1.165) is 22.2 Å². The maximum Gasteiger partial charge on any atom is 1.00 e. The average molecular weight is 225 g/mol. The summed E-state index contributed by atoms with van der Waals surface area (Å²) in [6.45, 7) is 5.78. The zero-order chi connectivity index (χ0) is 11.9. The normalized spacial score (nSPS) is 15.2. The molecule has 1 aliphatic rings. The van der Waals surface area contributed by atoms with Crippen molar-refractivity contribution >= 4 is 24.5 Å². The zero-order valence-corrected chi connectivity index (χ0v) is 10.4. The van der Waals surface area contributed by atoms with E-state index in [9.17, 15) is 9.59 Å². The molecular weight excluding hydrogens is 214 g/mol. The van der Waals surface area contributed by atoms with Gasteiger partial charge in [0.15, 0.2) is 0 Å². The Bertz CT molecular complexity index is 447. The summed E-state index contributed by atoms with van der Waals surface area (Å²) in [5, 5.41) is 0. The van der Waals surface area contributed by atoms with Crippen LogP contribution in [0.3, 0.4) is 0 Å². The summed E-state index contributed by atoms with van der Waals surface area (Å²) in [6.07, 6.45) is 0. The van der Waals surface area contributed by atoms with Crippen molar-refractivity contribution in [1.29, 1.82) is 0 Å². The summed E-state index contributed by atoms with van der Waals surface area (Å²) >= 11 is 0. The summed E-state index contributed by atoms with van der Waals surface area (Å²) in [4.78, 5) is 21.9. The third-order valence-electron chi connectivity index (χ3n) is 2.57. The van der Waals surface area contributed by atoms with E-state index in [0.29, 0.717) is 0 Å². The van der Waals surface area contributed by atoms with E-state index in [1.807, 2.05) is 32.9 Å². The van der Waals surface area contributed by atoms with E-state index >= 15 is 0 Å². The monoisotopic (exact) mass is 225 g/mol. The van der Waals surface area contributed by atoms with E-state index in [4.69, 9.17) is 9.31 Å². The minimum Gasteiger partial charge on any atom is -0.664 e. The van der Waals surface area contributed by atoms with Crippen LogP contribution in [0.4, 0.5) is 0 Å². The first-order chi connectivity index (χ1) is 7.49. The minimum absolute atomic E-state index is 0. The van der Waals surface area contributed by atoms with E-state index in [1.54, 1.807) is 0 Å². The van der Waals surface area contributed by atoms with Crippen LogP contribution in [0.1, 0.15) is 16.7 Å². The van der Waals surface area contributed by atoms with Crippen LogP contribution in [0.15, 0.2) is 12.1 Å². The number of carbonyl (C=O) groups excluding carboxylic acids is 2. The molecule has 17 heavy (non-hydrogen) atoms. The van der Waals surface area contributed by atoms with Gasteiger partial charge in [-0.05, 0) is 20.8 Å². The number of benzene rings is 1. The Hall–Kier alpha value is -1.18. The van der Waals surface area contributed by atoms with Gasteiger partial charge < -0.3 is 9.31 Å². The third-order valence-corrected chi connectivity index (χ3v) is 2.57. The number of hydrogen-bond donors (Lipinski definition) is 0. The number of rotatable bonds is 1. The van der Waals surface area contributed by atoms with Gasteiger partial charge in [-0.15, -0.1) is 5.46 Å². The van der Waals surface area contributed by atoms with Crippen molar-refractivity contribution in [3.8, 4) is 0 Å². The molecular formula is C11H11BLiO4. The van der Waals surface area contributed by atoms with Crippen LogP contribution < -0.4 is 24.3 Å². The Morgan fingerprint density at radius 3 is 1.76 bits per heavy atom. The van der Waals surface area contributed by atoms with E-state index in [1.165, 1.54) is 0 Å². The van der Waals surface area contributed by atoms with Gasteiger partial charge in [-0.1, -0.05) is 28.8 Å². The van der Waals surface area contributed by atoms with Crippen LogP contribution in [-0.4, -0.2) is 19.1 Å². The van der Waals surface area contributed by atoms with Crippen molar-refractivity contribution in [1.82, 2.24) is 0 Å². The topological polar surface area (TPSA) is 52.6 Å². The molecule has 1 radical (unpaired) electrons. The van der Waals surface area contributed by atoms with Gasteiger partial charge in [-0.3, -0.25) is 0 Å². The van der Waals surface area contributed by atoms with Crippen LogP contribution >= 0.6 is 0 Å². The zero-order valence-electron chi connectivity index (χ0n) is 10.4. The van der Waals surface area contributed by atoms with Crippen LogP contribution in [0, 0.1) is 20.8 Å². The van der Waals surface area contributed by atoms with Gasteiger partial charge in [0.1, 0.15) is 0 Å². The fourth-order valence-corrected chi connectivity index (χ4v) is 2.00. The molecule has 0 amide bonds. The predicted octanol–water partition coefficient (Wildman–Crippen LogP) is -2.59. The van der Waals surface area contributed by atoms with Crippen molar-refractivity contribution in [2.45, 2.75) is 20.8 Å². The molecule has 0 N–H and O–H groups in total. The smallest absolute Gasteiger partial charge is 0.664 e. The summed E-state index contributed by atoms with van der Waals surface area (Å²) in [5.41, 5.74) is 3.77. The van der Waals surface area contributed by atoms with Crippen molar-refractivity contribution in [3.05, 3.63) is 28.8 Å². The van der Waals surface area contributed by atoms with Crippen LogP contribution in [0.5, 0.6) is 0 Å². The Kier molecular flexibility index (Phi) is 4.08. The Morgan fingerprint density at radius 2 is 1.35 bits per heavy atom. The number of hydrogen-bond acceptors (Lipinski definition) is 4. The molecule has 0 saturated carbocycles. The van der Waals surface area contributed by atoms with Crippen LogP contribution in [0.25, 0.3) is 0 Å². The van der Waals surface area contributed by atoms with Crippen LogP contribution in [0.2, 0.25) is 0 Å². The molecule has 1 aromatic rings. The van der Waals surface area contributed by atoms with Gasteiger partial charge in [0.2, 0.25) is 0 Å². The fraction of sp³-hybridized carbons (Fsp3) is 0.273. The maximum absolute atomic E-state index is 11.0. The van der Waals surface area contributed by atoms with Gasteiger partial charge >= 0.3 is 37.9 Å². The van der Waals surface area contributed by atoms with E-state index in [-0.39, 0.29) is 18.9 Å². The first-order valence-electron chi connectivity index (χ1n) is 4.98. The molecule has 0 aromatic heterocycles. The molecule has 4 nitrogen and oxygen atoms in total. The molecule has 0 aliphatic carbocycles. The van der Waals surface area contributed by atoms with Crippen molar-refractivity contribution < 1.29 is 37.8 Å². The average Bonchev–Trinajstić information content (AvgIpc) is 2.44. The SMILES string of the molecule is Cc1cc(C)c([B-]2OC(=O)C(=O)O2)c(C)c1.[Li+]. The molecule has 1 fully saturated rings. The fourth-order valence-electron chi connectivity index (χ4n) is 2.00. The molecule has 1 aromatic carbocycles. The van der Waals surface area contributed by atoms with E-state index < -0.39 is 19.1 Å². The van der Waals surface area contributed by atoms with E-state index in [2.05, 4.69) is 0 Å². The second-order valence-corrected chi connectivity index (χ2v) is 3.95. The summed E-state index contributed by atoms with van der Waals surface area (Å²) in [7, 11) is -0.888.